The molecule has 1 unspecified atom stereocenters. The lowest BCUT2D eigenvalue weighted by atomic mass is 10.1. The predicted octanol–water partition coefficient (Wildman–Crippen LogP) is 0.639. The van der Waals surface area contributed by atoms with Crippen molar-refractivity contribution in [3.63, 3.8) is 0 Å². The Balaban J connectivity index is 3.23. The fourth-order valence-electron chi connectivity index (χ4n) is 1.24. The first-order valence-corrected chi connectivity index (χ1v) is 5.09. The van der Waals surface area contributed by atoms with Crippen LogP contribution in [-0.2, 0) is 4.79 Å². The lowest BCUT2D eigenvalue weighted by molar-refractivity contribution is -0.137. The van der Waals surface area contributed by atoms with Gasteiger partial charge in [-0.1, -0.05) is 6.92 Å². The Morgan fingerprint density at radius 1 is 1.50 bits per heavy atom. The number of carbonyl (C=O) groups is 1. The van der Waals surface area contributed by atoms with Gasteiger partial charge in [0.1, 0.15) is 0 Å². The van der Waals surface area contributed by atoms with Crippen LogP contribution in [0.25, 0.3) is 0 Å². The van der Waals surface area contributed by atoms with Gasteiger partial charge in [-0.25, -0.2) is 0 Å². The molecule has 84 valence electrons. The van der Waals surface area contributed by atoms with E-state index in [4.69, 9.17) is 5.11 Å². The maximum absolute atomic E-state index is 10.4. The van der Waals surface area contributed by atoms with Gasteiger partial charge >= 0.3 is 5.97 Å². The molecule has 0 aliphatic heterocycles. The second-order valence-corrected chi connectivity index (χ2v) is 4.06. The van der Waals surface area contributed by atoms with Gasteiger partial charge < -0.3 is 15.3 Å². The van der Waals surface area contributed by atoms with Gasteiger partial charge in [0.05, 0.1) is 0 Å². The van der Waals surface area contributed by atoms with Crippen LogP contribution in [0.4, 0.5) is 0 Å². The molecule has 0 saturated heterocycles. The zero-order valence-electron chi connectivity index (χ0n) is 9.42. The van der Waals surface area contributed by atoms with Crippen molar-refractivity contribution < 1.29 is 9.90 Å². The number of carboxylic acid groups (broad SMARTS) is 1. The molecule has 0 heterocycles. The minimum Gasteiger partial charge on any atom is -0.481 e. The van der Waals surface area contributed by atoms with Crippen molar-refractivity contribution in [2.75, 3.05) is 33.7 Å². The van der Waals surface area contributed by atoms with Gasteiger partial charge in [0, 0.05) is 6.42 Å². The normalized spacial score (nSPS) is 13.1. The van der Waals surface area contributed by atoms with E-state index in [0.717, 1.165) is 26.1 Å². The van der Waals surface area contributed by atoms with Crippen LogP contribution in [0.3, 0.4) is 0 Å². The molecule has 4 nitrogen and oxygen atoms in total. The molecule has 1 atom stereocenters. The number of carboxylic acids is 1. The molecule has 0 fully saturated rings. The van der Waals surface area contributed by atoms with Gasteiger partial charge in [0.25, 0.3) is 0 Å². The zero-order valence-corrected chi connectivity index (χ0v) is 9.42. The van der Waals surface area contributed by atoms with Gasteiger partial charge in [-0.15, -0.1) is 0 Å². The number of hydrogen-bond donors (Lipinski definition) is 2. The number of rotatable bonds is 8. The Hall–Kier alpha value is -0.610. The van der Waals surface area contributed by atoms with E-state index in [2.05, 4.69) is 10.2 Å². The third kappa shape index (κ3) is 9.48. The van der Waals surface area contributed by atoms with Crippen molar-refractivity contribution >= 4 is 5.97 Å². The van der Waals surface area contributed by atoms with Gasteiger partial charge in [0.2, 0.25) is 0 Å². The Labute approximate surface area is 86.3 Å². The second-order valence-electron chi connectivity index (χ2n) is 4.06. The summed E-state index contributed by atoms with van der Waals surface area (Å²) in [5, 5.41) is 11.8. The van der Waals surface area contributed by atoms with Crippen LogP contribution in [0.1, 0.15) is 19.8 Å². The third-order valence-electron chi connectivity index (χ3n) is 1.97. The Morgan fingerprint density at radius 3 is 2.64 bits per heavy atom. The molecule has 0 spiro atoms. The van der Waals surface area contributed by atoms with E-state index in [9.17, 15) is 4.79 Å². The molecule has 0 aliphatic rings. The summed E-state index contributed by atoms with van der Waals surface area (Å²) in [6.07, 6.45) is 1.35. The molecule has 4 heteroatoms. The SMILES string of the molecule is CC(CNCCCN(C)C)CC(=O)O. The van der Waals surface area contributed by atoms with Crippen LogP contribution in [0.2, 0.25) is 0 Å². The highest BCUT2D eigenvalue weighted by Gasteiger charge is 2.06. The average Bonchev–Trinajstić information content (AvgIpc) is 2.01. The average molecular weight is 202 g/mol. The topological polar surface area (TPSA) is 52.6 Å². The zero-order chi connectivity index (χ0) is 11.0. The maximum Gasteiger partial charge on any atom is 0.303 e. The Morgan fingerprint density at radius 2 is 2.14 bits per heavy atom. The molecular weight excluding hydrogens is 180 g/mol. The molecule has 0 saturated carbocycles. The van der Waals surface area contributed by atoms with Crippen molar-refractivity contribution in [3.05, 3.63) is 0 Å². The molecule has 2 N–H and O–H groups in total. The fourth-order valence-corrected chi connectivity index (χ4v) is 1.24. The maximum atomic E-state index is 10.4. The first-order chi connectivity index (χ1) is 6.52. The van der Waals surface area contributed by atoms with Crippen LogP contribution >= 0.6 is 0 Å². The quantitative estimate of drug-likeness (QED) is 0.567. The van der Waals surface area contributed by atoms with Crippen molar-refractivity contribution in [2.45, 2.75) is 19.8 Å². The highest BCUT2D eigenvalue weighted by molar-refractivity contribution is 5.66. The van der Waals surface area contributed by atoms with E-state index in [1.165, 1.54) is 0 Å². The molecule has 14 heavy (non-hydrogen) atoms. The van der Waals surface area contributed by atoms with E-state index in [-0.39, 0.29) is 12.3 Å². The van der Waals surface area contributed by atoms with Crippen molar-refractivity contribution in [3.8, 4) is 0 Å². The second kappa shape index (κ2) is 7.76. The van der Waals surface area contributed by atoms with E-state index in [1.54, 1.807) is 0 Å². The summed E-state index contributed by atoms with van der Waals surface area (Å²) in [7, 11) is 4.10. The van der Waals surface area contributed by atoms with Crippen LogP contribution in [-0.4, -0.2) is 49.7 Å². The molecule has 0 aromatic heterocycles. The number of aliphatic carboxylic acids is 1. The molecule has 0 bridgehead atoms. The molecular formula is C10H22N2O2. The summed E-state index contributed by atoms with van der Waals surface area (Å²) >= 11 is 0. The van der Waals surface area contributed by atoms with Gasteiger partial charge in [-0.05, 0) is 46.1 Å². The minimum absolute atomic E-state index is 0.215. The van der Waals surface area contributed by atoms with Gasteiger partial charge in [0.15, 0.2) is 0 Å². The number of nitrogens with one attached hydrogen (secondary N) is 1. The molecule has 0 amide bonds. The smallest absolute Gasteiger partial charge is 0.303 e. The summed E-state index contributed by atoms with van der Waals surface area (Å²) in [5.74, 6) is -0.501. The lowest BCUT2D eigenvalue weighted by Gasteiger charge is -2.12. The standard InChI is InChI=1S/C10H22N2O2/c1-9(7-10(13)14)8-11-5-4-6-12(2)3/h9,11H,4-8H2,1-3H3,(H,13,14). The summed E-state index contributed by atoms with van der Waals surface area (Å²) in [6, 6.07) is 0. The first kappa shape index (κ1) is 13.4. The Bertz CT molecular complexity index is 160. The predicted molar refractivity (Wildman–Crippen MR) is 57.5 cm³/mol. The van der Waals surface area contributed by atoms with Crippen LogP contribution in [0.5, 0.6) is 0 Å². The van der Waals surface area contributed by atoms with Gasteiger partial charge in [-0.2, -0.15) is 0 Å². The van der Waals surface area contributed by atoms with E-state index in [0.29, 0.717) is 0 Å². The Kier molecular flexibility index (Phi) is 7.42. The summed E-state index contributed by atoms with van der Waals surface area (Å²) in [4.78, 5) is 12.5. The summed E-state index contributed by atoms with van der Waals surface area (Å²) in [5.41, 5.74) is 0. The number of nitrogens with zero attached hydrogens (tertiary/aromatic N) is 1. The summed E-state index contributed by atoms with van der Waals surface area (Å²) < 4.78 is 0. The first-order valence-electron chi connectivity index (χ1n) is 5.09. The number of hydrogen-bond acceptors (Lipinski definition) is 3. The van der Waals surface area contributed by atoms with Crippen LogP contribution in [0, 0.1) is 5.92 Å². The van der Waals surface area contributed by atoms with E-state index >= 15 is 0 Å². The third-order valence-corrected chi connectivity index (χ3v) is 1.97. The summed E-state index contributed by atoms with van der Waals surface area (Å²) in [6.45, 7) is 4.77. The largest absolute Gasteiger partial charge is 0.481 e. The van der Waals surface area contributed by atoms with E-state index < -0.39 is 5.97 Å². The van der Waals surface area contributed by atoms with Gasteiger partial charge in [-0.3, -0.25) is 4.79 Å². The molecule has 0 radical (unpaired) electrons. The molecule has 0 aromatic carbocycles. The fraction of sp³-hybridized carbons (Fsp3) is 0.900. The molecule has 0 aliphatic carbocycles. The minimum atomic E-state index is -0.715. The van der Waals surface area contributed by atoms with Crippen molar-refractivity contribution in [1.29, 1.82) is 0 Å². The van der Waals surface area contributed by atoms with Crippen molar-refractivity contribution in [1.82, 2.24) is 10.2 Å². The highest BCUT2D eigenvalue weighted by Crippen LogP contribution is 1.98. The highest BCUT2D eigenvalue weighted by atomic mass is 16.4. The lowest BCUT2D eigenvalue weighted by Crippen LogP contribution is -2.26. The molecule has 0 rings (SSSR count). The van der Waals surface area contributed by atoms with Crippen LogP contribution < -0.4 is 5.32 Å². The van der Waals surface area contributed by atoms with Crippen molar-refractivity contribution in [2.24, 2.45) is 5.92 Å². The monoisotopic (exact) mass is 202 g/mol. The van der Waals surface area contributed by atoms with E-state index in [1.807, 2.05) is 21.0 Å². The molecule has 0 aromatic rings. The van der Waals surface area contributed by atoms with Crippen LogP contribution in [0.15, 0.2) is 0 Å².